The molecule has 1 fully saturated rings. The van der Waals surface area contributed by atoms with Crippen molar-refractivity contribution in [3.8, 4) is 0 Å². The summed E-state index contributed by atoms with van der Waals surface area (Å²) in [7, 11) is 0. The van der Waals surface area contributed by atoms with E-state index < -0.39 is 6.04 Å². The molecule has 0 unspecified atom stereocenters. The fourth-order valence-corrected chi connectivity index (χ4v) is 4.00. The number of likely N-dealkylation sites (tertiary alicyclic amines) is 1. The summed E-state index contributed by atoms with van der Waals surface area (Å²) in [5, 5.41) is 4.14. The van der Waals surface area contributed by atoms with Gasteiger partial charge in [-0.05, 0) is 44.9 Å². The highest BCUT2D eigenvalue weighted by atomic mass is 35.5. The van der Waals surface area contributed by atoms with Crippen LogP contribution in [0.5, 0.6) is 0 Å². The SMILES string of the molecule is Cc1nc(NC(=O)[C@H]2CCCN2C(=O)c2cc(Cl)ccc2Cl)sc1C. The number of hydrogen-bond donors (Lipinski definition) is 1. The number of carbonyl (C=O) groups excluding carboxylic acids is 2. The molecule has 0 spiro atoms. The molecule has 1 aromatic carbocycles. The van der Waals surface area contributed by atoms with Crippen molar-refractivity contribution in [2.45, 2.75) is 32.7 Å². The number of nitrogens with one attached hydrogen (secondary N) is 1. The lowest BCUT2D eigenvalue weighted by Gasteiger charge is -2.24. The van der Waals surface area contributed by atoms with Gasteiger partial charge in [0.25, 0.3) is 5.91 Å². The van der Waals surface area contributed by atoms with Crippen molar-refractivity contribution in [3.05, 3.63) is 44.4 Å². The largest absolute Gasteiger partial charge is 0.327 e. The Balaban J connectivity index is 1.78. The van der Waals surface area contributed by atoms with E-state index >= 15 is 0 Å². The molecule has 0 aliphatic carbocycles. The molecular formula is C17H17Cl2N3O2S. The van der Waals surface area contributed by atoms with E-state index in [1.165, 1.54) is 17.4 Å². The second kappa shape index (κ2) is 7.32. The Kier molecular flexibility index (Phi) is 5.32. The predicted octanol–water partition coefficient (Wildman–Crippen LogP) is 4.31. The van der Waals surface area contributed by atoms with Crippen molar-refractivity contribution in [1.29, 1.82) is 0 Å². The second-order valence-corrected chi connectivity index (χ2v) is 7.98. The van der Waals surface area contributed by atoms with E-state index in [0.29, 0.717) is 33.7 Å². The first kappa shape index (κ1) is 18.2. The molecule has 0 radical (unpaired) electrons. The van der Waals surface area contributed by atoms with Crippen molar-refractivity contribution in [2.24, 2.45) is 0 Å². The van der Waals surface area contributed by atoms with Gasteiger partial charge in [0.15, 0.2) is 5.13 Å². The van der Waals surface area contributed by atoms with Crippen LogP contribution in [0.3, 0.4) is 0 Å². The van der Waals surface area contributed by atoms with Gasteiger partial charge in [-0.2, -0.15) is 0 Å². The molecule has 1 aromatic heterocycles. The molecule has 1 saturated heterocycles. The van der Waals surface area contributed by atoms with Gasteiger partial charge in [0, 0.05) is 16.4 Å². The highest BCUT2D eigenvalue weighted by molar-refractivity contribution is 7.15. The van der Waals surface area contributed by atoms with Gasteiger partial charge in [0.05, 0.1) is 16.3 Å². The van der Waals surface area contributed by atoms with Gasteiger partial charge in [-0.15, -0.1) is 11.3 Å². The number of hydrogen-bond acceptors (Lipinski definition) is 4. The van der Waals surface area contributed by atoms with E-state index in [2.05, 4.69) is 10.3 Å². The third-order valence-electron chi connectivity index (χ3n) is 4.23. The zero-order valence-electron chi connectivity index (χ0n) is 13.8. The van der Waals surface area contributed by atoms with Crippen LogP contribution in [0.2, 0.25) is 10.0 Å². The monoisotopic (exact) mass is 397 g/mol. The molecule has 1 aliphatic rings. The molecule has 2 heterocycles. The minimum atomic E-state index is -0.535. The highest BCUT2D eigenvalue weighted by Crippen LogP contribution is 2.28. The maximum absolute atomic E-state index is 12.8. The van der Waals surface area contributed by atoms with Gasteiger partial charge in [-0.1, -0.05) is 23.2 Å². The van der Waals surface area contributed by atoms with E-state index in [0.717, 1.165) is 17.0 Å². The number of carbonyl (C=O) groups is 2. The number of aryl methyl sites for hydroxylation is 2. The Bertz CT molecular complexity index is 818. The maximum Gasteiger partial charge on any atom is 0.256 e. The van der Waals surface area contributed by atoms with Crippen molar-refractivity contribution >= 4 is 51.5 Å². The summed E-state index contributed by atoms with van der Waals surface area (Å²) in [4.78, 5) is 32.4. The van der Waals surface area contributed by atoms with Crippen LogP contribution in [-0.2, 0) is 4.79 Å². The Morgan fingerprint density at radius 2 is 2.08 bits per heavy atom. The minimum Gasteiger partial charge on any atom is -0.327 e. The van der Waals surface area contributed by atoms with Crippen LogP contribution in [0.1, 0.15) is 33.8 Å². The average Bonchev–Trinajstić information content (AvgIpc) is 3.16. The fraction of sp³-hybridized carbons (Fsp3) is 0.353. The summed E-state index contributed by atoms with van der Waals surface area (Å²) >= 11 is 13.5. The Labute approximate surface area is 160 Å². The lowest BCUT2D eigenvalue weighted by molar-refractivity contribution is -0.119. The molecule has 1 aliphatic heterocycles. The highest BCUT2D eigenvalue weighted by Gasteiger charge is 2.35. The Morgan fingerprint density at radius 3 is 2.76 bits per heavy atom. The zero-order chi connectivity index (χ0) is 18.1. The van der Waals surface area contributed by atoms with Gasteiger partial charge in [0.2, 0.25) is 5.91 Å². The number of benzene rings is 1. The number of thiazole rings is 1. The van der Waals surface area contributed by atoms with Crippen molar-refractivity contribution in [2.75, 3.05) is 11.9 Å². The molecule has 3 rings (SSSR count). The summed E-state index contributed by atoms with van der Waals surface area (Å²) in [6.45, 7) is 4.36. The molecule has 2 aromatic rings. The van der Waals surface area contributed by atoms with Crippen LogP contribution in [0, 0.1) is 13.8 Å². The van der Waals surface area contributed by atoms with E-state index in [9.17, 15) is 9.59 Å². The number of nitrogens with zero attached hydrogens (tertiary/aromatic N) is 2. The van der Waals surface area contributed by atoms with E-state index in [-0.39, 0.29) is 11.8 Å². The summed E-state index contributed by atoms with van der Waals surface area (Å²) < 4.78 is 0. The third kappa shape index (κ3) is 3.81. The fourth-order valence-electron chi connectivity index (χ4n) is 2.81. The second-order valence-electron chi connectivity index (χ2n) is 5.93. The predicted molar refractivity (Wildman–Crippen MR) is 101 cm³/mol. The lowest BCUT2D eigenvalue weighted by Crippen LogP contribution is -2.43. The number of halogens is 2. The Hall–Kier alpha value is -1.63. The summed E-state index contributed by atoms with van der Waals surface area (Å²) in [6.07, 6.45) is 1.37. The van der Waals surface area contributed by atoms with Crippen LogP contribution >= 0.6 is 34.5 Å². The van der Waals surface area contributed by atoms with Gasteiger partial charge < -0.3 is 10.2 Å². The molecule has 0 bridgehead atoms. The number of aromatic nitrogens is 1. The number of anilines is 1. The first-order valence-corrected chi connectivity index (χ1v) is 9.45. The minimum absolute atomic E-state index is 0.224. The number of rotatable bonds is 3. The van der Waals surface area contributed by atoms with Crippen LogP contribution in [0.15, 0.2) is 18.2 Å². The molecule has 5 nitrogen and oxygen atoms in total. The molecule has 1 N–H and O–H groups in total. The third-order valence-corrected chi connectivity index (χ3v) is 5.79. The molecule has 1 atom stereocenters. The van der Waals surface area contributed by atoms with E-state index in [1.807, 2.05) is 13.8 Å². The summed E-state index contributed by atoms with van der Waals surface area (Å²) in [6, 6.07) is 4.21. The van der Waals surface area contributed by atoms with Crippen molar-refractivity contribution < 1.29 is 9.59 Å². The smallest absolute Gasteiger partial charge is 0.256 e. The standard InChI is InChI=1S/C17H17Cl2N3O2S/c1-9-10(2)25-17(20-9)21-15(23)14-4-3-7-22(14)16(24)12-8-11(18)5-6-13(12)19/h5-6,8,14H,3-4,7H2,1-2H3,(H,20,21,23)/t14-/m1/s1. The van der Waals surface area contributed by atoms with Crippen LogP contribution in [-0.4, -0.2) is 34.3 Å². The first-order chi connectivity index (χ1) is 11.9. The van der Waals surface area contributed by atoms with Crippen molar-refractivity contribution in [1.82, 2.24) is 9.88 Å². The van der Waals surface area contributed by atoms with E-state index in [1.54, 1.807) is 17.0 Å². The normalized spacial score (nSPS) is 17.0. The van der Waals surface area contributed by atoms with Gasteiger partial charge in [-0.3, -0.25) is 9.59 Å². The lowest BCUT2D eigenvalue weighted by atomic mass is 10.1. The quantitative estimate of drug-likeness (QED) is 0.838. The topological polar surface area (TPSA) is 62.3 Å². The Morgan fingerprint density at radius 1 is 1.32 bits per heavy atom. The molecule has 8 heteroatoms. The maximum atomic E-state index is 12.8. The van der Waals surface area contributed by atoms with Gasteiger partial charge in [-0.25, -0.2) is 4.98 Å². The van der Waals surface area contributed by atoms with Gasteiger partial charge in [0.1, 0.15) is 6.04 Å². The number of amides is 2. The zero-order valence-corrected chi connectivity index (χ0v) is 16.1. The summed E-state index contributed by atoms with van der Waals surface area (Å²) in [5.74, 6) is -0.505. The average molecular weight is 398 g/mol. The molecular weight excluding hydrogens is 381 g/mol. The van der Waals surface area contributed by atoms with Crippen LogP contribution in [0.25, 0.3) is 0 Å². The van der Waals surface area contributed by atoms with E-state index in [4.69, 9.17) is 23.2 Å². The van der Waals surface area contributed by atoms with Crippen LogP contribution in [0.4, 0.5) is 5.13 Å². The van der Waals surface area contributed by atoms with Crippen LogP contribution < -0.4 is 5.32 Å². The van der Waals surface area contributed by atoms with Crippen molar-refractivity contribution in [3.63, 3.8) is 0 Å². The molecule has 25 heavy (non-hydrogen) atoms. The molecule has 2 amide bonds. The summed E-state index contributed by atoms with van der Waals surface area (Å²) in [5.41, 5.74) is 1.21. The first-order valence-electron chi connectivity index (χ1n) is 7.87. The molecule has 0 saturated carbocycles. The molecule has 132 valence electrons. The van der Waals surface area contributed by atoms with Gasteiger partial charge >= 0.3 is 0 Å².